The number of benzene rings is 2. The largest absolute Gasteiger partial charge is 0.492 e. The van der Waals surface area contributed by atoms with Gasteiger partial charge in [-0.05, 0) is 12.1 Å². The monoisotopic (exact) mass is 285 g/mol. The number of nitrogens with zero attached hydrogens (tertiary/aromatic N) is 2. The molecule has 1 aliphatic rings. The van der Waals surface area contributed by atoms with E-state index in [9.17, 15) is 0 Å². The predicted octanol–water partition coefficient (Wildman–Crippen LogP) is 3.21. The lowest BCUT2D eigenvalue weighted by atomic mass is 10.1. The van der Waals surface area contributed by atoms with Gasteiger partial charge in [-0.15, -0.1) is 0 Å². The van der Waals surface area contributed by atoms with Crippen LogP contribution in [0.2, 0.25) is 0 Å². The molecule has 5 heteroatoms. The number of fused-ring (bicyclic) bond motifs is 1. The van der Waals surface area contributed by atoms with Crippen LogP contribution in [0.1, 0.15) is 0 Å². The molecule has 110 valence electrons. The van der Waals surface area contributed by atoms with Gasteiger partial charge in [-0.1, -0.05) is 24.3 Å². The highest BCUT2D eigenvalue weighted by atomic mass is 16.5. The summed E-state index contributed by atoms with van der Waals surface area (Å²) in [6.07, 6.45) is 0. The minimum atomic E-state index is 0.654. The standard InChI is InChI=1S/C16H19N3O2/c17-18-15-5-6-16(14-4-2-1-3-13(14)15)21-12-9-19-7-10-20-11-8-19/h1-6,17H,7-12H2. The SMILES string of the molecule is N=Nc1ccc(OCCN2CCOCC2)c2ccccc12. The lowest BCUT2D eigenvalue weighted by Gasteiger charge is -2.26. The molecule has 2 aromatic rings. The highest BCUT2D eigenvalue weighted by Crippen LogP contribution is 2.32. The number of morpholine rings is 1. The topological polar surface area (TPSA) is 57.9 Å². The number of rotatable bonds is 5. The Hall–Kier alpha value is -1.98. The molecule has 0 unspecified atom stereocenters. The third-order valence-corrected chi connectivity index (χ3v) is 3.75. The summed E-state index contributed by atoms with van der Waals surface area (Å²) in [5, 5.41) is 5.53. The van der Waals surface area contributed by atoms with Gasteiger partial charge in [-0.3, -0.25) is 4.90 Å². The molecule has 1 heterocycles. The second kappa shape index (κ2) is 6.65. The highest BCUT2D eigenvalue weighted by molar-refractivity contribution is 5.96. The number of hydrogen-bond donors (Lipinski definition) is 1. The molecule has 1 N–H and O–H groups in total. The fourth-order valence-electron chi connectivity index (χ4n) is 2.59. The van der Waals surface area contributed by atoms with Crippen molar-refractivity contribution in [3.05, 3.63) is 36.4 Å². The molecule has 1 saturated heterocycles. The minimum absolute atomic E-state index is 0.654. The van der Waals surface area contributed by atoms with Crippen molar-refractivity contribution in [1.82, 2.24) is 4.90 Å². The zero-order valence-electron chi connectivity index (χ0n) is 11.9. The summed E-state index contributed by atoms with van der Waals surface area (Å²) < 4.78 is 11.3. The van der Waals surface area contributed by atoms with Crippen LogP contribution in [0.15, 0.2) is 41.5 Å². The zero-order chi connectivity index (χ0) is 14.5. The van der Waals surface area contributed by atoms with Crippen molar-refractivity contribution in [2.45, 2.75) is 0 Å². The van der Waals surface area contributed by atoms with Gasteiger partial charge in [-0.25, -0.2) is 5.53 Å². The maximum atomic E-state index is 7.23. The summed E-state index contributed by atoms with van der Waals surface area (Å²) in [6.45, 7) is 5.12. The molecule has 0 atom stereocenters. The van der Waals surface area contributed by atoms with Gasteiger partial charge in [0.1, 0.15) is 12.4 Å². The van der Waals surface area contributed by atoms with E-state index < -0.39 is 0 Å². The van der Waals surface area contributed by atoms with Crippen LogP contribution in [0.25, 0.3) is 10.8 Å². The van der Waals surface area contributed by atoms with Crippen molar-refractivity contribution in [2.75, 3.05) is 39.5 Å². The van der Waals surface area contributed by atoms with Crippen molar-refractivity contribution in [2.24, 2.45) is 5.11 Å². The molecule has 0 radical (unpaired) electrons. The van der Waals surface area contributed by atoms with Crippen molar-refractivity contribution in [3.63, 3.8) is 0 Å². The Morgan fingerprint density at radius 2 is 1.86 bits per heavy atom. The summed E-state index contributed by atoms with van der Waals surface area (Å²) >= 11 is 0. The number of hydrogen-bond acceptors (Lipinski definition) is 5. The van der Waals surface area contributed by atoms with E-state index in [4.69, 9.17) is 15.0 Å². The van der Waals surface area contributed by atoms with Crippen molar-refractivity contribution >= 4 is 16.5 Å². The Labute approximate surface area is 124 Å². The van der Waals surface area contributed by atoms with E-state index >= 15 is 0 Å². The second-order valence-corrected chi connectivity index (χ2v) is 5.04. The molecule has 0 saturated carbocycles. The quantitative estimate of drug-likeness (QED) is 0.858. The molecule has 1 aliphatic heterocycles. The first-order chi connectivity index (χ1) is 10.4. The van der Waals surface area contributed by atoms with Crippen LogP contribution in [-0.2, 0) is 4.74 Å². The van der Waals surface area contributed by atoms with E-state index in [1.54, 1.807) is 0 Å². The van der Waals surface area contributed by atoms with E-state index in [0.717, 1.165) is 49.4 Å². The molecular formula is C16H19N3O2. The van der Waals surface area contributed by atoms with Crippen LogP contribution < -0.4 is 4.74 Å². The van der Waals surface area contributed by atoms with E-state index in [1.807, 2.05) is 36.4 Å². The summed E-state index contributed by atoms with van der Waals surface area (Å²) in [5.74, 6) is 0.853. The van der Waals surface area contributed by atoms with Gasteiger partial charge in [-0.2, -0.15) is 5.11 Å². The molecule has 0 amide bonds. The third kappa shape index (κ3) is 3.20. The van der Waals surface area contributed by atoms with E-state index in [1.165, 1.54) is 0 Å². The maximum absolute atomic E-state index is 7.23. The minimum Gasteiger partial charge on any atom is -0.492 e. The Kier molecular flexibility index (Phi) is 4.43. The molecule has 0 spiro atoms. The fourth-order valence-corrected chi connectivity index (χ4v) is 2.59. The summed E-state index contributed by atoms with van der Waals surface area (Å²) in [5.41, 5.74) is 7.91. The molecule has 1 fully saturated rings. The van der Waals surface area contributed by atoms with Crippen LogP contribution >= 0.6 is 0 Å². The first kappa shape index (κ1) is 14.0. The summed E-state index contributed by atoms with van der Waals surface area (Å²) in [4.78, 5) is 2.35. The molecule has 0 aromatic heterocycles. The zero-order valence-corrected chi connectivity index (χ0v) is 11.9. The van der Waals surface area contributed by atoms with Crippen molar-refractivity contribution in [1.29, 1.82) is 5.53 Å². The van der Waals surface area contributed by atoms with Crippen LogP contribution in [0.4, 0.5) is 5.69 Å². The molecular weight excluding hydrogens is 266 g/mol. The first-order valence-corrected chi connectivity index (χ1v) is 7.20. The number of nitrogens with one attached hydrogen (secondary N) is 1. The molecule has 21 heavy (non-hydrogen) atoms. The Balaban J connectivity index is 1.70. The van der Waals surface area contributed by atoms with E-state index in [0.29, 0.717) is 12.3 Å². The van der Waals surface area contributed by atoms with Crippen LogP contribution in [0.5, 0.6) is 5.75 Å². The Morgan fingerprint density at radius 1 is 1.10 bits per heavy atom. The Morgan fingerprint density at radius 3 is 2.62 bits per heavy atom. The van der Waals surface area contributed by atoms with Gasteiger partial charge >= 0.3 is 0 Å². The first-order valence-electron chi connectivity index (χ1n) is 7.20. The highest BCUT2D eigenvalue weighted by Gasteiger charge is 2.11. The van der Waals surface area contributed by atoms with Gasteiger partial charge in [0.05, 0.1) is 18.9 Å². The molecule has 3 rings (SSSR count). The van der Waals surface area contributed by atoms with Gasteiger partial charge < -0.3 is 9.47 Å². The van der Waals surface area contributed by atoms with Gasteiger partial charge in [0.15, 0.2) is 0 Å². The smallest absolute Gasteiger partial charge is 0.127 e. The third-order valence-electron chi connectivity index (χ3n) is 3.75. The normalized spacial score (nSPS) is 16.0. The van der Waals surface area contributed by atoms with Gasteiger partial charge in [0, 0.05) is 30.4 Å². The van der Waals surface area contributed by atoms with Gasteiger partial charge in [0.2, 0.25) is 0 Å². The van der Waals surface area contributed by atoms with Crippen LogP contribution in [0, 0.1) is 5.53 Å². The summed E-state index contributed by atoms with van der Waals surface area (Å²) in [7, 11) is 0. The lowest BCUT2D eigenvalue weighted by Crippen LogP contribution is -2.38. The molecule has 5 nitrogen and oxygen atoms in total. The second-order valence-electron chi connectivity index (χ2n) is 5.04. The van der Waals surface area contributed by atoms with Crippen molar-refractivity contribution in [3.8, 4) is 5.75 Å². The maximum Gasteiger partial charge on any atom is 0.127 e. The lowest BCUT2D eigenvalue weighted by molar-refractivity contribution is 0.0323. The van der Waals surface area contributed by atoms with Crippen LogP contribution in [0.3, 0.4) is 0 Å². The van der Waals surface area contributed by atoms with E-state index in [2.05, 4.69) is 10.0 Å². The predicted molar refractivity (Wildman–Crippen MR) is 81.5 cm³/mol. The summed E-state index contributed by atoms with van der Waals surface area (Å²) in [6, 6.07) is 11.6. The van der Waals surface area contributed by atoms with Crippen LogP contribution in [-0.4, -0.2) is 44.4 Å². The van der Waals surface area contributed by atoms with E-state index in [-0.39, 0.29) is 0 Å². The molecule has 2 aromatic carbocycles. The molecule has 0 bridgehead atoms. The fraction of sp³-hybridized carbons (Fsp3) is 0.375. The van der Waals surface area contributed by atoms with Gasteiger partial charge in [0.25, 0.3) is 0 Å². The average Bonchev–Trinajstić information content (AvgIpc) is 2.56. The average molecular weight is 285 g/mol. The Bertz CT molecular complexity index is 624. The number of ether oxygens (including phenoxy) is 2. The molecule has 0 aliphatic carbocycles. The van der Waals surface area contributed by atoms with Crippen molar-refractivity contribution < 1.29 is 9.47 Å².